The Morgan fingerprint density at radius 3 is 2.68 bits per heavy atom. The molecule has 0 bridgehead atoms. The van der Waals surface area contributed by atoms with Crippen LogP contribution in [0, 0.1) is 0 Å². The van der Waals surface area contributed by atoms with Gasteiger partial charge in [-0.25, -0.2) is 0 Å². The van der Waals surface area contributed by atoms with Crippen LogP contribution < -0.4 is 10.9 Å². The Kier molecular flexibility index (Phi) is 6.50. The van der Waals surface area contributed by atoms with Crippen molar-refractivity contribution in [1.29, 1.82) is 0 Å². The van der Waals surface area contributed by atoms with Gasteiger partial charge in [0.05, 0.1) is 0 Å². The van der Waals surface area contributed by atoms with Gasteiger partial charge in [-0.2, -0.15) is 0 Å². The summed E-state index contributed by atoms with van der Waals surface area (Å²) in [5.41, 5.74) is 1.10. The number of benzene rings is 1. The molecule has 0 saturated heterocycles. The summed E-state index contributed by atoms with van der Waals surface area (Å²) in [5, 5.41) is 5.40. The lowest BCUT2D eigenvalue weighted by Gasteiger charge is -2.19. The zero-order valence-electron chi connectivity index (χ0n) is 13.8. The third kappa shape index (κ3) is 4.62. The van der Waals surface area contributed by atoms with Crippen molar-refractivity contribution < 1.29 is 0 Å². The van der Waals surface area contributed by atoms with Crippen LogP contribution in [-0.2, 0) is 0 Å². The number of H-pyrrole nitrogens is 1. The molecular weight excluding hydrogens is 272 g/mol. The van der Waals surface area contributed by atoms with Crippen LogP contribution in [0.25, 0.3) is 10.8 Å². The van der Waals surface area contributed by atoms with Crippen LogP contribution >= 0.6 is 0 Å². The van der Waals surface area contributed by atoms with Gasteiger partial charge in [-0.1, -0.05) is 46.0 Å². The Balaban J connectivity index is 2.04. The maximum Gasteiger partial charge on any atom is 0.255 e. The summed E-state index contributed by atoms with van der Waals surface area (Å²) >= 11 is 0. The van der Waals surface area contributed by atoms with Crippen molar-refractivity contribution in [3.05, 3.63) is 40.8 Å². The van der Waals surface area contributed by atoms with E-state index in [1.165, 1.54) is 44.9 Å². The van der Waals surface area contributed by atoms with Crippen molar-refractivity contribution >= 4 is 16.5 Å². The molecule has 0 aliphatic rings. The van der Waals surface area contributed by atoms with E-state index in [0.29, 0.717) is 6.04 Å². The van der Waals surface area contributed by atoms with E-state index in [4.69, 9.17) is 0 Å². The second-order valence-electron chi connectivity index (χ2n) is 6.09. The predicted molar refractivity (Wildman–Crippen MR) is 95.6 cm³/mol. The molecule has 3 heteroatoms. The minimum absolute atomic E-state index is 0.0197. The van der Waals surface area contributed by atoms with E-state index >= 15 is 0 Å². The van der Waals surface area contributed by atoms with Crippen LogP contribution in [0.4, 0.5) is 5.69 Å². The van der Waals surface area contributed by atoms with Crippen molar-refractivity contribution in [3.63, 3.8) is 0 Å². The van der Waals surface area contributed by atoms with E-state index in [0.717, 1.165) is 16.5 Å². The zero-order valence-corrected chi connectivity index (χ0v) is 13.8. The Bertz CT molecular complexity index is 633. The minimum atomic E-state index is -0.0197. The Morgan fingerprint density at radius 1 is 1.05 bits per heavy atom. The number of nitrogens with one attached hydrogen (secondary N) is 2. The van der Waals surface area contributed by atoms with Gasteiger partial charge in [-0.15, -0.1) is 0 Å². The molecule has 120 valence electrons. The molecule has 0 fully saturated rings. The lowest BCUT2D eigenvalue weighted by Crippen LogP contribution is -2.19. The molecule has 2 N–H and O–H groups in total. The normalized spacial score (nSPS) is 12.5. The third-order valence-corrected chi connectivity index (χ3v) is 4.19. The molecule has 1 atom stereocenters. The number of fused-ring (bicyclic) bond motifs is 1. The first-order valence-corrected chi connectivity index (χ1v) is 8.62. The average Bonchev–Trinajstić information content (AvgIpc) is 2.52. The van der Waals surface area contributed by atoms with Crippen LogP contribution in [0.3, 0.4) is 0 Å². The maximum absolute atomic E-state index is 11.7. The van der Waals surface area contributed by atoms with E-state index in [1.807, 2.05) is 18.2 Å². The molecule has 0 spiro atoms. The number of unbranched alkanes of at least 4 members (excludes halogenated alkanes) is 3. The van der Waals surface area contributed by atoms with E-state index in [-0.39, 0.29) is 5.56 Å². The van der Waals surface area contributed by atoms with Gasteiger partial charge in [0.15, 0.2) is 0 Å². The molecule has 1 heterocycles. The highest BCUT2D eigenvalue weighted by atomic mass is 16.1. The van der Waals surface area contributed by atoms with E-state index in [1.54, 1.807) is 6.20 Å². The molecule has 2 aromatic rings. The molecule has 1 unspecified atom stereocenters. The molecule has 0 saturated carbocycles. The van der Waals surface area contributed by atoms with Gasteiger partial charge < -0.3 is 10.3 Å². The average molecular weight is 300 g/mol. The number of rotatable bonds is 9. The molecule has 0 radical (unpaired) electrons. The summed E-state index contributed by atoms with van der Waals surface area (Å²) in [6.45, 7) is 4.49. The van der Waals surface area contributed by atoms with Gasteiger partial charge in [0.25, 0.3) is 5.56 Å². The fourth-order valence-corrected chi connectivity index (χ4v) is 2.97. The summed E-state index contributed by atoms with van der Waals surface area (Å²) in [5.74, 6) is 0. The molecule has 2 rings (SSSR count). The van der Waals surface area contributed by atoms with Crippen LogP contribution in [-0.4, -0.2) is 11.0 Å². The fourth-order valence-electron chi connectivity index (χ4n) is 2.97. The van der Waals surface area contributed by atoms with Crippen molar-refractivity contribution in [2.45, 2.75) is 64.8 Å². The first kappa shape index (κ1) is 16.6. The summed E-state index contributed by atoms with van der Waals surface area (Å²) in [4.78, 5) is 14.5. The van der Waals surface area contributed by atoms with Crippen LogP contribution in [0.2, 0.25) is 0 Å². The van der Waals surface area contributed by atoms with Crippen LogP contribution in [0.15, 0.2) is 35.3 Å². The van der Waals surface area contributed by atoms with E-state index in [2.05, 4.69) is 30.2 Å². The zero-order chi connectivity index (χ0) is 15.8. The predicted octanol–water partition coefficient (Wildman–Crippen LogP) is 5.08. The number of hydrogen-bond acceptors (Lipinski definition) is 2. The lowest BCUT2D eigenvalue weighted by atomic mass is 10.0. The largest absolute Gasteiger partial charge is 0.382 e. The maximum atomic E-state index is 11.7. The first-order valence-electron chi connectivity index (χ1n) is 8.62. The standard InChI is InChI=1S/C19H28N2O/c1-3-5-6-7-9-16(8-4-2)21-17-10-11-18-15(14-17)12-13-20-19(18)22/h10-14,16,21H,3-9H2,1-2H3,(H,20,22). The van der Waals surface area contributed by atoms with Crippen LogP contribution in [0.5, 0.6) is 0 Å². The van der Waals surface area contributed by atoms with Gasteiger partial charge in [0, 0.05) is 23.3 Å². The summed E-state index contributed by atoms with van der Waals surface area (Å²) < 4.78 is 0. The van der Waals surface area contributed by atoms with Crippen molar-refractivity contribution in [2.75, 3.05) is 5.32 Å². The number of hydrogen-bond donors (Lipinski definition) is 2. The molecule has 1 aromatic heterocycles. The molecule has 0 aliphatic heterocycles. The van der Waals surface area contributed by atoms with E-state index < -0.39 is 0 Å². The van der Waals surface area contributed by atoms with Gasteiger partial charge in [0.2, 0.25) is 0 Å². The highest BCUT2D eigenvalue weighted by molar-refractivity contribution is 5.84. The second-order valence-corrected chi connectivity index (χ2v) is 6.09. The molecule has 0 amide bonds. The molecule has 22 heavy (non-hydrogen) atoms. The molecule has 1 aromatic carbocycles. The summed E-state index contributed by atoms with van der Waals surface area (Å²) in [6, 6.07) is 8.50. The summed E-state index contributed by atoms with van der Waals surface area (Å²) in [7, 11) is 0. The molecule has 3 nitrogen and oxygen atoms in total. The van der Waals surface area contributed by atoms with Gasteiger partial charge in [-0.3, -0.25) is 4.79 Å². The number of aromatic nitrogens is 1. The van der Waals surface area contributed by atoms with Crippen molar-refractivity contribution in [1.82, 2.24) is 4.98 Å². The monoisotopic (exact) mass is 300 g/mol. The second kappa shape index (κ2) is 8.62. The molecule has 0 aliphatic carbocycles. The first-order chi connectivity index (χ1) is 10.7. The van der Waals surface area contributed by atoms with E-state index in [9.17, 15) is 4.79 Å². The quantitative estimate of drug-likeness (QED) is 0.634. The van der Waals surface area contributed by atoms with Gasteiger partial charge in [0.1, 0.15) is 0 Å². The highest BCUT2D eigenvalue weighted by Crippen LogP contribution is 2.20. The lowest BCUT2D eigenvalue weighted by molar-refractivity contribution is 0.541. The SMILES string of the molecule is CCCCCCC(CCC)Nc1ccc2c(=O)[nH]ccc2c1. The minimum Gasteiger partial charge on any atom is -0.382 e. The van der Waals surface area contributed by atoms with Crippen LogP contribution in [0.1, 0.15) is 58.8 Å². The van der Waals surface area contributed by atoms with Gasteiger partial charge >= 0.3 is 0 Å². The Morgan fingerprint density at radius 2 is 1.91 bits per heavy atom. The molecular formula is C19H28N2O. The van der Waals surface area contributed by atoms with Gasteiger partial charge in [-0.05, 0) is 42.5 Å². The smallest absolute Gasteiger partial charge is 0.255 e. The van der Waals surface area contributed by atoms with Crippen molar-refractivity contribution in [3.8, 4) is 0 Å². The fraction of sp³-hybridized carbons (Fsp3) is 0.526. The Labute approximate surface area is 133 Å². The van der Waals surface area contributed by atoms with Crippen molar-refractivity contribution in [2.24, 2.45) is 0 Å². The summed E-state index contributed by atoms with van der Waals surface area (Å²) in [6.07, 6.45) is 10.6. The topological polar surface area (TPSA) is 44.9 Å². The number of aromatic amines is 1. The highest BCUT2D eigenvalue weighted by Gasteiger charge is 2.08. The number of pyridine rings is 1. The number of anilines is 1. The Hall–Kier alpha value is -1.77. The third-order valence-electron chi connectivity index (χ3n) is 4.19.